The normalized spacial score (nSPS) is 24.2. The van der Waals surface area contributed by atoms with Gasteiger partial charge in [0.05, 0.1) is 0 Å². The Balaban J connectivity index is 1.98. The highest BCUT2D eigenvalue weighted by molar-refractivity contribution is 9.10. The molecular weight excluding hydrogens is 334 g/mol. The van der Waals surface area contributed by atoms with E-state index in [0.717, 1.165) is 28.6 Å². The van der Waals surface area contributed by atoms with Gasteiger partial charge in [-0.3, -0.25) is 9.59 Å². The summed E-state index contributed by atoms with van der Waals surface area (Å²) in [5.74, 6) is 0.256. The molecule has 2 heterocycles. The molecule has 0 radical (unpaired) electrons. The molecule has 2 aliphatic rings. The number of amides is 1. The maximum atomic E-state index is 12.7. The van der Waals surface area contributed by atoms with Crippen LogP contribution in [0.5, 0.6) is 0 Å². The average molecular weight is 352 g/mol. The standard InChI is InChI=1S/C16H18BrNO3/c1-9-4-6-21-16(9)15(20)12-8-14-11(7-13(12)17)3-5-18(14)10(2)19/h7-9,16H,3-6H2,1-2H3. The molecule has 2 aliphatic heterocycles. The van der Waals surface area contributed by atoms with E-state index in [4.69, 9.17) is 4.74 Å². The van der Waals surface area contributed by atoms with Gasteiger partial charge in [0.2, 0.25) is 5.91 Å². The highest BCUT2D eigenvalue weighted by Gasteiger charge is 2.34. The number of halogens is 1. The molecule has 112 valence electrons. The molecule has 4 nitrogen and oxygen atoms in total. The predicted molar refractivity (Wildman–Crippen MR) is 83.7 cm³/mol. The Morgan fingerprint density at radius 1 is 1.38 bits per heavy atom. The molecule has 0 spiro atoms. The van der Waals surface area contributed by atoms with Gasteiger partial charge in [-0.05, 0) is 36.5 Å². The highest BCUT2D eigenvalue weighted by Crippen LogP contribution is 2.35. The van der Waals surface area contributed by atoms with Crippen molar-refractivity contribution in [1.82, 2.24) is 0 Å². The van der Waals surface area contributed by atoms with E-state index in [1.807, 2.05) is 19.1 Å². The number of Topliss-reactive ketones (excluding diaryl/α,β-unsaturated/α-hetero) is 1. The first kappa shape index (κ1) is 14.7. The zero-order chi connectivity index (χ0) is 15.1. The predicted octanol–water partition coefficient (Wildman–Crippen LogP) is 2.97. The van der Waals surface area contributed by atoms with E-state index in [2.05, 4.69) is 15.9 Å². The van der Waals surface area contributed by atoms with Crippen LogP contribution in [-0.4, -0.2) is 30.9 Å². The molecule has 0 bridgehead atoms. The van der Waals surface area contributed by atoms with Crippen molar-refractivity contribution in [2.45, 2.75) is 32.8 Å². The third kappa shape index (κ3) is 2.53. The van der Waals surface area contributed by atoms with Gasteiger partial charge in [-0.25, -0.2) is 0 Å². The highest BCUT2D eigenvalue weighted by atomic mass is 79.9. The van der Waals surface area contributed by atoms with Crippen LogP contribution in [0, 0.1) is 5.92 Å². The summed E-state index contributed by atoms with van der Waals surface area (Å²) in [5.41, 5.74) is 2.58. The van der Waals surface area contributed by atoms with Gasteiger partial charge < -0.3 is 9.64 Å². The Bertz CT molecular complexity index is 614. The Morgan fingerprint density at radius 3 is 2.76 bits per heavy atom. The first-order chi connectivity index (χ1) is 9.99. The second-order valence-corrected chi connectivity index (χ2v) is 6.66. The van der Waals surface area contributed by atoms with Gasteiger partial charge in [0.1, 0.15) is 6.10 Å². The van der Waals surface area contributed by atoms with E-state index < -0.39 is 0 Å². The van der Waals surface area contributed by atoms with Crippen molar-refractivity contribution in [1.29, 1.82) is 0 Å². The van der Waals surface area contributed by atoms with Crippen LogP contribution < -0.4 is 4.90 Å². The van der Waals surface area contributed by atoms with Crippen molar-refractivity contribution < 1.29 is 14.3 Å². The van der Waals surface area contributed by atoms with E-state index >= 15 is 0 Å². The Hall–Kier alpha value is -1.20. The Kier molecular flexibility index (Phi) is 3.88. The van der Waals surface area contributed by atoms with Gasteiger partial charge in [0.15, 0.2) is 5.78 Å². The number of rotatable bonds is 2. The first-order valence-electron chi connectivity index (χ1n) is 7.25. The molecule has 1 amide bonds. The molecule has 0 aliphatic carbocycles. The minimum absolute atomic E-state index is 0.00470. The largest absolute Gasteiger partial charge is 0.370 e. The summed E-state index contributed by atoms with van der Waals surface area (Å²) in [6.45, 7) is 4.92. The van der Waals surface area contributed by atoms with Crippen molar-refractivity contribution in [2.24, 2.45) is 5.92 Å². The topological polar surface area (TPSA) is 46.6 Å². The molecule has 1 saturated heterocycles. The number of nitrogens with zero attached hydrogens (tertiary/aromatic N) is 1. The number of fused-ring (bicyclic) bond motifs is 1. The third-order valence-electron chi connectivity index (χ3n) is 4.36. The number of benzene rings is 1. The summed E-state index contributed by atoms with van der Waals surface area (Å²) >= 11 is 3.49. The lowest BCUT2D eigenvalue weighted by molar-refractivity contribution is -0.116. The lowest BCUT2D eigenvalue weighted by Crippen LogP contribution is -2.27. The number of hydrogen-bond donors (Lipinski definition) is 0. The minimum Gasteiger partial charge on any atom is -0.370 e. The van der Waals surface area contributed by atoms with Crippen molar-refractivity contribution in [3.05, 3.63) is 27.7 Å². The fourth-order valence-corrected chi connectivity index (χ4v) is 3.69. The smallest absolute Gasteiger partial charge is 0.223 e. The fraction of sp³-hybridized carbons (Fsp3) is 0.500. The zero-order valence-electron chi connectivity index (χ0n) is 12.2. The lowest BCUT2D eigenvalue weighted by atomic mass is 9.95. The molecule has 3 rings (SSSR count). The summed E-state index contributed by atoms with van der Waals surface area (Å²) in [5, 5.41) is 0. The van der Waals surface area contributed by atoms with E-state index in [1.54, 1.807) is 11.8 Å². The van der Waals surface area contributed by atoms with E-state index in [1.165, 1.54) is 0 Å². The van der Waals surface area contributed by atoms with Gasteiger partial charge in [-0.2, -0.15) is 0 Å². The van der Waals surface area contributed by atoms with Gasteiger partial charge in [0.25, 0.3) is 0 Å². The van der Waals surface area contributed by atoms with Crippen LogP contribution in [0.3, 0.4) is 0 Å². The van der Waals surface area contributed by atoms with Crippen LogP contribution in [-0.2, 0) is 16.0 Å². The van der Waals surface area contributed by atoms with Gasteiger partial charge in [-0.1, -0.05) is 22.9 Å². The average Bonchev–Trinajstić information content (AvgIpc) is 3.02. The number of carbonyl (C=O) groups is 2. The summed E-state index contributed by atoms with van der Waals surface area (Å²) in [6, 6.07) is 3.80. The molecule has 5 heteroatoms. The first-order valence-corrected chi connectivity index (χ1v) is 8.04. The van der Waals surface area contributed by atoms with Crippen molar-refractivity contribution in [3.8, 4) is 0 Å². The molecule has 0 saturated carbocycles. The summed E-state index contributed by atoms with van der Waals surface area (Å²) in [4.78, 5) is 26.1. The van der Waals surface area contributed by atoms with Crippen LogP contribution in [0.1, 0.15) is 36.2 Å². The van der Waals surface area contributed by atoms with Crippen LogP contribution in [0.15, 0.2) is 16.6 Å². The second-order valence-electron chi connectivity index (χ2n) is 5.80. The SMILES string of the molecule is CC(=O)N1CCc2cc(Br)c(C(=O)C3OCCC3C)cc21. The van der Waals surface area contributed by atoms with E-state index in [0.29, 0.717) is 18.7 Å². The molecule has 1 fully saturated rings. The number of ether oxygens (including phenoxy) is 1. The summed E-state index contributed by atoms with van der Waals surface area (Å²) < 4.78 is 6.37. The molecule has 2 atom stereocenters. The fourth-order valence-electron chi connectivity index (χ4n) is 3.11. The van der Waals surface area contributed by atoms with Crippen LogP contribution in [0.2, 0.25) is 0 Å². The summed E-state index contributed by atoms with van der Waals surface area (Å²) in [7, 11) is 0. The molecular formula is C16H18BrNO3. The number of hydrogen-bond acceptors (Lipinski definition) is 3. The van der Waals surface area contributed by atoms with Gasteiger partial charge >= 0.3 is 0 Å². The molecule has 0 aromatic heterocycles. The zero-order valence-corrected chi connectivity index (χ0v) is 13.8. The van der Waals surface area contributed by atoms with Gasteiger partial charge in [-0.15, -0.1) is 0 Å². The van der Waals surface area contributed by atoms with Gasteiger partial charge in [0, 0.05) is 35.8 Å². The maximum Gasteiger partial charge on any atom is 0.223 e. The lowest BCUT2D eigenvalue weighted by Gasteiger charge is -2.18. The number of anilines is 1. The Labute approximate surface area is 132 Å². The second kappa shape index (κ2) is 5.54. The molecule has 2 unspecified atom stereocenters. The monoisotopic (exact) mass is 351 g/mol. The van der Waals surface area contributed by atoms with Crippen molar-refractivity contribution >= 4 is 33.3 Å². The molecule has 0 N–H and O–H groups in total. The maximum absolute atomic E-state index is 12.7. The minimum atomic E-state index is -0.369. The molecule has 1 aromatic carbocycles. The number of carbonyl (C=O) groups excluding carboxylic acids is 2. The van der Waals surface area contributed by atoms with Crippen LogP contribution in [0.25, 0.3) is 0 Å². The Morgan fingerprint density at radius 2 is 2.14 bits per heavy atom. The van der Waals surface area contributed by atoms with Crippen LogP contribution in [0.4, 0.5) is 5.69 Å². The third-order valence-corrected chi connectivity index (χ3v) is 5.01. The number of ketones is 1. The van der Waals surface area contributed by atoms with Crippen molar-refractivity contribution in [2.75, 3.05) is 18.1 Å². The quantitative estimate of drug-likeness (QED) is 0.769. The molecule has 21 heavy (non-hydrogen) atoms. The van der Waals surface area contributed by atoms with E-state index in [9.17, 15) is 9.59 Å². The van der Waals surface area contributed by atoms with Crippen LogP contribution >= 0.6 is 15.9 Å². The summed E-state index contributed by atoms with van der Waals surface area (Å²) in [6.07, 6.45) is 1.38. The van der Waals surface area contributed by atoms with Crippen molar-refractivity contribution in [3.63, 3.8) is 0 Å². The molecule has 1 aromatic rings. The van der Waals surface area contributed by atoms with E-state index in [-0.39, 0.29) is 23.7 Å².